The summed E-state index contributed by atoms with van der Waals surface area (Å²) in [5.41, 5.74) is 11.8. The maximum Gasteiger partial charge on any atom is 0.253 e. The van der Waals surface area contributed by atoms with Gasteiger partial charge in [0.05, 0.1) is 31.5 Å². The fourth-order valence-corrected chi connectivity index (χ4v) is 9.87. The van der Waals surface area contributed by atoms with Gasteiger partial charge in [-0.3, -0.25) is 10.1 Å². The summed E-state index contributed by atoms with van der Waals surface area (Å²) in [6, 6.07) is 23.4. The zero-order valence-electron chi connectivity index (χ0n) is 36.5. The van der Waals surface area contributed by atoms with Crippen LogP contribution in [-0.2, 0) is 4.74 Å². The van der Waals surface area contributed by atoms with Gasteiger partial charge in [-0.05, 0) is 105 Å². The van der Waals surface area contributed by atoms with Crippen LogP contribution in [0.3, 0.4) is 0 Å². The molecule has 13 heteroatoms. The summed E-state index contributed by atoms with van der Waals surface area (Å²) in [4.78, 5) is 21.7. The molecule has 5 aliphatic rings. The number of para-hydroxylation sites is 1. The second-order valence-corrected chi connectivity index (χ2v) is 17.4. The van der Waals surface area contributed by atoms with Gasteiger partial charge in [0, 0.05) is 94.1 Å². The van der Waals surface area contributed by atoms with E-state index in [9.17, 15) is 9.90 Å². The van der Waals surface area contributed by atoms with E-state index in [0.717, 1.165) is 42.9 Å². The molecule has 4 aliphatic heterocycles. The quantitative estimate of drug-likeness (QED) is 0.138. The van der Waals surface area contributed by atoms with Crippen molar-refractivity contribution >= 4 is 34.0 Å². The first-order valence-electron chi connectivity index (χ1n) is 23.0. The van der Waals surface area contributed by atoms with Gasteiger partial charge in [0.1, 0.15) is 17.5 Å². The van der Waals surface area contributed by atoms with Gasteiger partial charge in [0.25, 0.3) is 5.91 Å². The minimum absolute atomic E-state index is 0.0822. The number of hydrogen-bond acceptors (Lipinski definition) is 10. The van der Waals surface area contributed by atoms with Gasteiger partial charge < -0.3 is 39.7 Å². The van der Waals surface area contributed by atoms with E-state index in [-0.39, 0.29) is 17.8 Å². The van der Waals surface area contributed by atoms with Crippen LogP contribution in [0.25, 0.3) is 22.2 Å². The van der Waals surface area contributed by atoms with Crippen molar-refractivity contribution in [3.63, 3.8) is 0 Å². The summed E-state index contributed by atoms with van der Waals surface area (Å²) in [6.45, 7) is 3.17. The topological polar surface area (TPSA) is 128 Å². The van der Waals surface area contributed by atoms with Crippen molar-refractivity contribution in [1.29, 1.82) is 0 Å². The van der Waals surface area contributed by atoms with E-state index in [1.807, 2.05) is 47.5 Å². The Balaban J connectivity index is 0.731. The summed E-state index contributed by atoms with van der Waals surface area (Å²) in [5, 5.41) is 23.0. The van der Waals surface area contributed by atoms with E-state index in [0.29, 0.717) is 86.8 Å². The third-order valence-electron chi connectivity index (χ3n) is 13.7. The van der Waals surface area contributed by atoms with Crippen LogP contribution in [0.2, 0.25) is 0 Å². The molecular formula is C48H56FN9O3. The van der Waals surface area contributed by atoms with Crippen LogP contribution in [0.5, 0.6) is 5.75 Å². The van der Waals surface area contributed by atoms with Crippen molar-refractivity contribution in [1.82, 2.24) is 29.9 Å². The molecule has 61 heavy (non-hydrogen) atoms. The lowest BCUT2D eigenvalue weighted by molar-refractivity contribution is 0.0176. The monoisotopic (exact) mass is 827 g/mol. The van der Waals surface area contributed by atoms with Crippen molar-refractivity contribution in [2.45, 2.75) is 68.7 Å². The second kappa shape index (κ2) is 16.8. The minimum atomic E-state index is -1.34. The van der Waals surface area contributed by atoms with E-state index < -0.39 is 18.8 Å². The number of carbonyl (C=O) groups excluding carboxylic acids is 1. The number of rotatable bonds is 9. The number of alkyl halides is 1. The minimum Gasteiger partial charge on any atom is -0.507 e. The van der Waals surface area contributed by atoms with Crippen LogP contribution in [0.15, 0.2) is 91.3 Å². The molecule has 318 valence electrons. The Morgan fingerprint density at radius 1 is 0.984 bits per heavy atom. The predicted octanol–water partition coefficient (Wildman–Crippen LogP) is 7.39. The summed E-state index contributed by atoms with van der Waals surface area (Å²) in [5.74, 6) is 0.731. The van der Waals surface area contributed by atoms with E-state index >= 15 is 4.39 Å². The second-order valence-electron chi connectivity index (χ2n) is 17.4. The molecule has 4 N–H and O–H groups in total. The van der Waals surface area contributed by atoms with Gasteiger partial charge in [-0.1, -0.05) is 36.4 Å². The number of nitrogens with zero attached hydrogens (tertiary/aromatic N) is 7. The van der Waals surface area contributed by atoms with Gasteiger partial charge in [-0.2, -0.15) is 0 Å². The Hall–Kier alpha value is -5.50. The predicted molar refractivity (Wildman–Crippen MR) is 238 cm³/mol. The lowest BCUT2D eigenvalue weighted by atomic mass is 9.87. The van der Waals surface area contributed by atoms with Crippen LogP contribution in [-0.4, -0.2) is 107 Å². The molecule has 5 aromatic rings. The van der Waals surface area contributed by atoms with Crippen LogP contribution < -0.4 is 20.9 Å². The number of phenols is 1. The van der Waals surface area contributed by atoms with Gasteiger partial charge >= 0.3 is 0 Å². The number of phenolic OH excluding ortho intramolecular Hbond substituents is 1. The molecule has 2 aromatic heterocycles. The number of aromatic nitrogens is 3. The highest BCUT2D eigenvalue weighted by atomic mass is 19.1. The molecule has 0 spiro atoms. The van der Waals surface area contributed by atoms with Crippen molar-refractivity contribution in [2.24, 2.45) is 0 Å². The molecule has 1 saturated carbocycles. The SMILES string of the molecule is [2H]C1C=CN(c2ccc3c(C4CCN(CC5(F)CCN(C(=O)c6ccc(C7CN(c8cc(-c9ccccc9O)nnc8N)CCO7)cc6)CC5)CC4)cn(C4CCC4)c3c2)[C@H]([2H])N1. The molecule has 4 fully saturated rings. The standard InChI is InChI=1S/C48H56FN9O3/c49-48(31-54-21-15-33(16-22-54)40-29-58(36-5-3-6-36)42-27-37(13-14-38(40)42)57-20-4-19-51-32-57)17-23-55(24-18-48)47(60)35-11-9-34(10-12-35)45-30-56(25-26-61-45)43-28-41(52-53-46(43)50)39-7-1-2-8-44(39)59/h1-2,4,7-14,20,27-29,33,36,45,51,59H,3,5-6,15-19,21-26,30-32H2,(H2,50,53)/i19D,32D/t19?,32-,45?/m1/s1. The number of piperidine rings is 2. The first-order valence-corrected chi connectivity index (χ1v) is 21.9. The number of carbonyl (C=O) groups is 1. The molecule has 6 heterocycles. The maximum atomic E-state index is 16.5. The Bertz CT molecular complexity index is 2480. The molecule has 3 saturated heterocycles. The molecule has 0 bridgehead atoms. The van der Waals surface area contributed by atoms with Gasteiger partial charge in [0.15, 0.2) is 5.82 Å². The average Bonchev–Trinajstić information content (AvgIpc) is 3.64. The number of fused-ring (bicyclic) bond motifs is 1. The van der Waals surface area contributed by atoms with Crippen LogP contribution >= 0.6 is 0 Å². The molecule has 0 radical (unpaired) electrons. The third-order valence-corrected chi connectivity index (χ3v) is 13.7. The first kappa shape index (κ1) is 37.3. The smallest absolute Gasteiger partial charge is 0.253 e. The van der Waals surface area contributed by atoms with Crippen molar-refractivity contribution in [3.05, 3.63) is 108 Å². The fourth-order valence-electron chi connectivity index (χ4n) is 9.87. The van der Waals surface area contributed by atoms with E-state index in [4.69, 9.17) is 13.2 Å². The molecular weight excluding hydrogens is 770 g/mol. The number of halogens is 1. The molecule has 1 aliphatic carbocycles. The van der Waals surface area contributed by atoms with Crippen molar-refractivity contribution < 1.29 is 21.8 Å². The Morgan fingerprint density at radius 2 is 1.79 bits per heavy atom. The summed E-state index contributed by atoms with van der Waals surface area (Å²) >= 11 is 0. The Labute approximate surface area is 359 Å². The first-order chi connectivity index (χ1) is 30.6. The van der Waals surface area contributed by atoms with Crippen molar-refractivity contribution in [2.75, 3.05) is 81.1 Å². The van der Waals surface area contributed by atoms with Gasteiger partial charge in [0.2, 0.25) is 0 Å². The molecule has 2 unspecified atom stereocenters. The van der Waals surface area contributed by atoms with Gasteiger partial charge in [-0.15, -0.1) is 10.2 Å². The number of aromatic hydroxyl groups is 1. The molecule has 12 nitrogen and oxygen atoms in total. The van der Waals surface area contributed by atoms with Gasteiger partial charge in [-0.25, -0.2) is 4.39 Å². The number of ether oxygens (including phenoxy) is 1. The summed E-state index contributed by atoms with van der Waals surface area (Å²) < 4.78 is 41.6. The highest BCUT2D eigenvalue weighted by Crippen LogP contribution is 2.42. The number of benzene rings is 3. The van der Waals surface area contributed by atoms with E-state index in [2.05, 4.69) is 54.3 Å². The van der Waals surface area contributed by atoms with E-state index in [1.165, 1.54) is 35.7 Å². The largest absolute Gasteiger partial charge is 0.507 e. The fraction of sp³-hybridized carbons (Fsp3) is 0.438. The number of hydrogen-bond donors (Lipinski definition) is 3. The number of amides is 1. The number of nitrogens with two attached hydrogens (primary N) is 1. The number of anilines is 3. The molecule has 10 rings (SSSR count). The normalized spacial score (nSPS) is 24.4. The number of nitrogens with one attached hydrogen (secondary N) is 1. The summed E-state index contributed by atoms with van der Waals surface area (Å²) in [6.07, 6.45) is 11.9. The molecule has 1 amide bonds. The summed E-state index contributed by atoms with van der Waals surface area (Å²) in [7, 11) is 0. The van der Waals surface area contributed by atoms with Crippen LogP contribution in [0, 0.1) is 0 Å². The van der Waals surface area contributed by atoms with Crippen LogP contribution in [0.1, 0.15) is 87.2 Å². The number of nitrogen functional groups attached to an aromatic ring is 1. The van der Waals surface area contributed by atoms with E-state index in [1.54, 1.807) is 29.2 Å². The third kappa shape index (κ3) is 8.06. The lowest BCUT2D eigenvalue weighted by Gasteiger charge is -2.41. The maximum absolute atomic E-state index is 16.5. The zero-order chi connectivity index (χ0) is 43.2. The Kier molecular flexibility index (Phi) is 10.2. The lowest BCUT2D eigenvalue weighted by Crippen LogP contribution is -2.50. The average molecular weight is 828 g/mol. The highest BCUT2D eigenvalue weighted by molar-refractivity contribution is 5.94. The Morgan fingerprint density at radius 3 is 2.54 bits per heavy atom. The van der Waals surface area contributed by atoms with Crippen molar-refractivity contribution in [3.8, 4) is 17.0 Å². The zero-order valence-corrected chi connectivity index (χ0v) is 34.5. The molecule has 3 aromatic carbocycles. The molecule has 3 atom stereocenters. The highest BCUT2D eigenvalue weighted by Gasteiger charge is 2.39. The van der Waals surface area contributed by atoms with Crippen LogP contribution in [0.4, 0.5) is 21.6 Å². The number of likely N-dealkylation sites (tertiary alicyclic amines) is 2. The number of morpholine rings is 1.